The molecule has 0 bridgehead atoms. The molecule has 32 heavy (non-hydrogen) atoms. The van der Waals surface area contributed by atoms with Crippen LogP contribution in [0.25, 0.3) is 0 Å². The third-order valence-electron chi connectivity index (χ3n) is 7.47. The van der Waals surface area contributed by atoms with E-state index in [1.54, 1.807) is 0 Å². The summed E-state index contributed by atoms with van der Waals surface area (Å²) in [5.41, 5.74) is 2.56. The van der Waals surface area contributed by atoms with Crippen molar-refractivity contribution < 1.29 is 5.11 Å². The van der Waals surface area contributed by atoms with Gasteiger partial charge >= 0.3 is 0 Å². The molecule has 4 rings (SSSR count). The quantitative estimate of drug-likeness (QED) is 0.503. The Balaban J connectivity index is 1.29. The Bertz CT molecular complexity index is 707. The average molecular weight is 442 g/mol. The summed E-state index contributed by atoms with van der Waals surface area (Å²) in [6.07, 6.45) is 7.61. The van der Waals surface area contributed by atoms with Gasteiger partial charge in [0, 0.05) is 51.6 Å². The lowest BCUT2D eigenvalue weighted by Gasteiger charge is -2.32. The molecule has 3 aliphatic heterocycles. The van der Waals surface area contributed by atoms with E-state index in [-0.39, 0.29) is 0 Å². The Morgan fingerprint density at radius 2 is 1.69 bits per heavy atom. The fraction of sp³-hybridized carbons (Fsp3) is 0.731. The molecule has 2 N–H and O–H groups in total. The van der Waals surface area contributed by atoms with Gasteiger partial charge in [0.2, 0.25) is 0 Å². The second-order valence-electron chi connectivity index (χ2n) is 9.91. The first-order chi connectivity index (χ1) is 15.7. The van der Waals surface area contributed by atoms with E-state index < -0.39 is 0 Å². The largest absolute Gasteiger partial charge is 0.396 e. The number of piperidine rings is 2. The topological polar surface area (TPSA) is 54.3 Å². The number of nitrogens with zero attached hydrogens (tertiary/aromatic N) is 4. The highest BCUT2D eigenvalue weighted by Gasteiger charge is 2.27. The highest BCUT2D eigenvalue weighted by Crippen LogP contribution is 2.24. The van der Waals surface area contributed by atoms with Gasteiger partial charge in [-0.05, 0) is 81.6 Å². The highest BCUT2D eigenvalue weighted by atomic mass is 16.3. The van der Waals surface area contributed by atoms with Gasteiger partial charge in [0.15, 0.2) is 5.96 Å². The number of hydrogen-bond acceptors (Lipinski definition) is 4. The molecule has 6 heteroatoms. The molecular weight excluding hydrogens is 398 g/mol. The van der Waals surface area contributed by atoms with Gasteiger partial charge in [-0.15, -0.1) is 0 Å². The standard InChI is InChI=1S/C26H43N5O/c1-2-27-26(31-17-12-24(20-31)19-29-13-4-3-5-14-29)28-18-22-6-8-25(9-7-22)30-15-10-23(21-32)11-16-30/h6-9,23-24,32H,2-5,10-21H2,1H3,(H,27,28). The third-order valence-corrected chi connectivity index (χ3v) is 7.47. The monoisotopic (exact) mass is 441 g/mol. The van der Waals surface area contributed by atoms with Gasteiger partial charge < -0.3 is 25.1 Å². The number of hydrogen-bond donors (Lipinski definition) is 2. The maximum atomic E-state index is 9.35. The van der Waals surface area contributed by atoms with Crippen LogP contribution in [0.5, 0.6) is 0 Å². The van der Waals surface area contributed by atoms with Crippen molar-refractivity contribution in [3.05, 3.63) is 29.8 Å². The van der Waals surface area contributed by atoms with Crippen LogP contribution in [0.15, 0.2) is 29.3 Å². The minimum Gasteiger partial charge on any atom is -0.396 e. The summed E-state index contributed by atoms with van der Waals surface area (Å²) < 4.78 is 0. The van der Waals surface area contributed by atoms with Crippen LogP contribution in [0.2, 0.25) is 0 Å². The maximum absolute atomic E-state index is 9.35. The normalized spacial score (nSPS) is 23.7. The SMILES string of the molecule is CCNC(=NCc1ccc(N2CCC(CO)CC2)cc1)N1CCC(CN2CCCCC2)C1. The predicted octanol–water partition coefficient (Wildman–Crippen LogP) is 3.17. The zero-order valence-corrected chi connectivity index (χ0v) is 20.0. The number of benzene rings is 1. The summed E-state index contributed by atoms with van der Waals surface area (Å²) in [5.74, 6) is 2.32. The van der Waals surface area contributed by atoms with E-state index >= 15 is 0 Å². The second kappa shape index (κ2) is 11.9. The van der Waals surface area contributed by atoms with Gasteiger partial charge in [-0.3, -0.25) is 0 Å². The fourth-order valence-corrected chi connectivity index (χ4v) is 5.46. The number of anilines is 1. The molecule has 3 fully saturated rings. The predicted molar refractivity (Wildman–Crippen MR) is 133 cm³/mol. The number of aliphatic hydroxyl groups excluding tert-OH is 1. The molecule has 3 heterocycles. The summed E-state index contributed by atoms with van der Waals surface area (Å²) >= 11 is 0. The average Bonchev–Trinajstić information content (AvgIpc) is 3.31. The lowest BCUT2D eigenvalue weighted by Crippen LogP contribution is -2.41. The number of rotatable bonds is 7. The summed E-state index contributed by atoms with van der Waals surface area (Å²) in [7, 11) is 0. The zero-order valence-electron chi connectivity index (χ0n) is 20.0. The van der Waals surface area contributed by atoms with Crippen molar-refractivity contribution in [3.8, 4) is 0 Å². The Morgan fingerprint density at radius 1 is 0.969 bits per heavy atom. The molecule has 0 aliphatic carbocycles. The molecule has 1 unspecified atom stereocenters. The van der Waals surface area contributed by atoms with E-state index in [1.807, 2.05) is 0 Å². The first-order valence-corrected chi connectivity index (χ1v) is 13.0. The van der Waals surface area contributed by atoms with Gasteiger partial charge in [0.1, 0.15) is 0 Å². The van der Waals surface area contributed by atoms with Crippen molar-refractivity contribution in [2.45, 2.75) is 52.0 Å². The van der Waals surface area contributed by atoms with Gasteiger partial charge in [-0.25, -0.2) is 4.99 Å². The molecule has 3 aliphatic rings. The minimum absolute atomic E-state index is 0.328. The molecule has 6 nitrogen and oxygen atoms in total. The Labute approximate surface area is 194 Å². The number of likely N-dealkylation sites (tertiary alicyclic amines) is 2. The highest BCUT2D eigenvalue weighted by molar-refractivity contribution is 5.80. The first kappa shape index (κ1) is 23.4. The van der Waals surface area contributed by atoms with E-state index in [1.165, 1.54) is 56.6 Å². The van der Waals surface area contributed by atoms with Crippen LogP contribution in [0.1, 0.15) is 51.0 Å². The smallest absolute Gasteiger partial charge is 0.194 e. The lowest BCUT2D eigenvalue weighted by molar-refractivity contribution is 0.198. The van der Waals surface area contributed by atoms with Gasteiger partial charge in [-0.2, -0.15) is 0 Å². The molecule has 178 valence electrons. The lowest BCUT2D eigenvalue weighted by atomic mass is 9.97. The van der Waals surface area contributed by atoms with Crippen molar-refractivity contribution >= 4 is 11.6 Å². The van der Waals surface area contributed by atoms with Gasteiger partial charge in [0.05, 0.1) is 6.54 Å². The van der Waals surface area contributed by atoms with Crippen LogP contribution in [0, 0.1) is 11.8 Å². The molecule has 0 saturated carbocycles. The molecule has 1 aromatic rings. The Hall–Kier alpha value is -1.79. The van der Waals surface area contributed by atoms with Crippen LogP contribution in [-0.4, -0.2) is 79.8 Å². The summed E-state index contributed by atoms with van der Waals surface area (Å²) in [4.78, 5) is 12.6. The molecule has 0 aromatic heterocycles. The summed E-state index contributed by atoms with van der Waals surface area (Å²) in [6, 6.07) is 8.93. The number of aliphatic imine (C=N–C) groups is 1. The van der Waals surface area contributed by atoms with Crippen molar-refractivity contribution in [2.75, 3.05) is 63.9 Å². The van der Waals surface area contributed by atoms with Crippen LogP contribution in [0.4, 0.5) is 5.69 Å². The molecule has 0 radical (unpaired) electrons. The van der Waals surface area contributed by atoms with Crippen molar-refractivity contribution in [1.29, 1.82) is 0 Å². The van der Waals surface area contributed by atoms with E-state index in [9.17, 15) is 5.11 Å². The Kier molecular flexibility index (Phi) is 8.69. The summed E-state index contributed by atoms with van der Waals surface area (Å²) in [6.45, 7) is 12.3. The van der Waals surface area contributed by atoms with Gasteiger partial charge in [-0.1, -0.05) is 18.6 Å². The van der Waals surface area contributed by atoms with E-state index in [4.69, 9.17) is 4.99 Å². The molecule has 3 saturated heterocycles. The van der Waals surface area contributed by atoms with Gasteiger partial charge in [0.25, 0.3) is 0 Å². The Morgan fingerprint density at radius 3 is 2.38 bits per heavy atom. The molecule has 0 amide bonds. The summed E-state index contributed by atoms with van der Waals surface area (Å²) in [5, 5.41) is 12.9. The third kappa shape index (κ3) is 6.38. The van der Waals surface area contributed by atoms with Crippen molar-refractivity contribution in [1.82, 2.24) is 15.1 Å². The maximum Gasteiger partial charge on any atom is 0.194 e. The van der Waals surface area contributed by atoms with Crippen LogP contribution in [-0.2, 0) is 6.54 Å². The molecule has 1 aromatic carbocycles. The molecule has 1 atom stereocenters. The van der Waals surface area contributed by atoms with E-state index in [0.717, 1.165) is 64.0 Å². The van der Waals surface area contributed by atoms with E-state index in [2.05, 4.69) is 51.2 Å². The first-order valence-electron chi connectivity index (χ1n) is 13.0. The number of nitrogens with one attached hydrogen (secondary N) is 1. The zero-order chi connectivity index (χ0) is 22.2. The molecular formula is C26H43N5O. The number of aliphatic hydroxyl groups is 1. The second-order valence-corrected chi connectivity index (χ2v) is 9.91. The fourth-order valence-electron chi connectivity index (χ4n) is 5.46. The molecule has 0 spiro atoms. The number of guanidine groups is 1. The van der Waals surface area contributed by atoms with E-state index in [0.29, 0.717) is 12.5 Å². The van der Waals surface area contributed by atoms with Crippen LogP contribution in [0.3, 0.4) is 0 Å². The van der Waals surface area contributed by atoms with Crippen molar-refractivity contribution in [3.63, 3.8) is 0 Å². The van der Waals surface area contributed by atoms with Crippen molar-refractivity contribution in [2.24, 2.45) is 16.8 Å². The minimum atomic E-state index is 0.328. The van der Waals surface area contributed by atoms with Crippen LogP contribution < -0.4 is 10.2 Å². The van der Waals surface area contributed by atoms with Crippen LogP contribution >= 0.6 is 0 Å².